The van der Waals surface area contributed by atoms with Gasteiger partial charge in [0.1, 0.15) is 0 Å². The van der Waals surface area contributed by atoms with Crippen molar-refractivity contribution in [1.82, 2.24) is 0 Å². The van der Waals surface area contributed by atoms with E-state index < -0.39 is 17.5 Å². The van der Waals surface area contributed by atoms with Gasteiger partial charge in [-0.05, 0) is 6.92 Å². The Hall–Kier alpha value is -1.89. The SMILES string of the molecule is C#CCC(C)(CC#CC(O)C#C)C(=O)OC. The van der Waals surface area contributed by atoms with Gasteiger partial charge in [0, 0.05) is 12.8 Å². The van der Waals surface area contributed by atoms with Crippen LogP contribution in [0, 0.1) is 41.9 Å². The number of aliphatic hydroxyl groups is 1. The molecule has 0 aliphatic heterocycles. The Labute approximate surface area is 96.2 Å². The topological polar surface area (TPSA) is 46.5 Å². The molecule has 0 aromatic carbocycles. The van der Waals surface area contributed by atoms with Gasteiger partial charge in [0.2, 0.25) is 0 Å². The summed E-state index contributed by atoms with van der Waals surface area (Å²) in [4.78, 5) is 11.5. The van der Waals surface area contributed by atoms with Crippen LogP contribution < -0.4 is 0 Å². The van der Waals surface area contributed by atoms with Crippen molar-refractivity contribution in [3.63, 3.8) is 0 Å². The average molecular weight is 218 g/mol. The minimum atomic E-state index is -1.12. The largest absolute Gasteiger partial charge is 0.469 e. The monoisotopic (exact) mass is 218 g/mol. The van der Waals surface area contributed by atoms with Crippen LogP contribution in [0.2, 0.25) is 0 Å². The quantitative estimate of drug-likeness (QED) is 0.556. The van der Waals surface area contributed by atoms with Gasteiger partial charge >= 0.3 is 5.97 Å². The molecule has 0 saturated heterocycles. The number of methoxy groups -OCH3 is 1. The van der Waals surface area contributed by atoms with Crippen molar-refractivity contribution < 1.29 is 14.6 Å². The van der Waals surface area contributed by atoms with Crippen LogP contribution in [0.4, 0.5) is 0 Å². The number of ether oxygens (including phenoxy) is 1. The van der Waals surface area contributed by atoms with Crippen LogP contribution in [0.25, 0.3) is 0 Å². The number of carbonyl (C=O) groups excluding carboxylic acids is 1. The third kappa shape index (κ3) is 4.09. The molecule has 3 nitrogen and oxygen atoms in total. The summed E-state index contributed by atoms with van der Waals surface area (Å²) in [5, 5.41) is 9.01. The predicted octanol–water partition coefficient (Wildman–Crippen LogP) is 0.577. The molecule has 84 valence electrons. The van der Waals surface area contributed by atoms with Gasteiger partial charge < -0.3 is 9.84 Å². The lowest BCUT2D eigenvalue weighted by Crippen LogP contribution is -2.28. The molecule has 0 aromatic heterocycles. The summed E-state index contributed by atoms with van der Waals surface area (Å²) in [6, 6.07) is 0. The Bertz CT molecular complexity index is 386. The highest BCUT2D eigenvalue weighted by Gasteiger charge is 2.32. The maximum atomic E-state index is 11.5. The molecule has 3 heteroatoms. The maximum absolute atomic E-state index is 11.5. The number of esters is 1. The van der Waals surface area contributed by atoms with E-state index in [1.165, 1.54) is 7.11 Å². The van der Waals surface area contributed by atoms with Crippen molar-refractivity contribution in [1.29, 1.82) is 0 Å². The molecule has 0 bridgehead atoms. The zero-order chi connectivity index (χ0) is 12.6. The molecular formula is C13H14O3. The minimum absolute atomic E-state index is 0.197. The Morgan fingerprint density at radius 1 is 1.50 bits per heavy atom. The Balaban J connectivity index is 4.70. The van der Waals surface area contributed by atoms with E-state index in [1.54, 1.807) is 6.92 Å². The first kappa shape index (κ1) is 14.1. The number of carbonyl (C=O) groups is 1. The molecule has 0 aliphatic rings. The predicted molar refractivity (Wildman–Crippen MR) is 60.8 cm³/mol. The van der Waals surface area contributed by atoms with Crippen molar-refractivity contribution >= 4 is 5.97 Å². The summed E-state index contributed by atoms with van der Waals surface area (Å²) in [6.07, 6.45) is 9.42. The van der Waals surface area contributed by atoms with E-state index in [1.807, 2.05) is 0 Å². The lowest BCUT2D eigenvalue weighted by Gasteiger charge is -2.21. The minimum Gasteiger partial charge on any atom is -0.469 e. The number of hydrogen-bond donors (Lipinski definition) is 1. The third-order valence-corrected chi connectivity index (χ3v) is 2.05. The van der Waals surface area contributed by atoms with Crippen LogP contribution >= 0.6 is 0 Å². The fourth-order valence-corrected chi connectivity index (χ4v) is 1.06. The van der Waals surface area contributed by atoms with Crippen molar-refractivity contribution in [2.45, 2.75) is 25.9 Å². The molecule has 0 aromatic rings. The van der Waals surface area contributed by atoms with Crippen molar-refractivity contribution in [2.75, 3.05) is 7.11 Å². The highest BCUT2D eigenvalue weighted by molar-refractivity contribution is 5.77. The summed E-state index contributed by atoms with van der Waals surface area (Å²) in [6.45, 7) is 1.66. The lowest BCUT2D eigenvalue weighted by atomic mass is 9.84. The summed E-state index contributed by atoms with van der Waals surface area (Å²) in [5.74, 6) is 9.09. The second kappa shape index (κ2) is 6.57. The lowest BCUT2D eigenvalue weighted by molar-refractivity contribution is -0.151. The van der Waals surface area contributed by atoms with Gasteiger partial charge in [-0.1, -0.05) is 17.8 Å². The molecule has 0 rings (SSSR count). The normalized spacial score (nSPS) is 14.3. The fraction of sp³-hybridized carbons (Fsp3) is 0.462. The smallest absolute Gasteiger partial charge is 0.313 e. The van der Waals surface area contributed by atoms with Gasteiger partial charge in [0.05, 0.1) is 12.5 Å². The van der Waals surface area contributed by atoms with Crippen molar-refractivity contribution in [2.24, 2.45) is 5.41 Å². The number of hydrogen-bond acceptors (Lipinski definition) is 3. The maximum Gasteiger partial charge on any atom is 0.313 e. The van der Waals surface area contributed by atoms with E-state index in [-0.39, 0.29) is 12.8 Å². The van der Waals surface area contributed by atoms with E-state index in [0.717, 1.165) is 0 Å². The molecular weight excluding hydrogens is 204 g/mol. The van der Waals surface area contributed by atoms with Crippen LogP contribution in [-0.2, 0) is 9.53 Å². The Kier molecular flexibility index (Phi) is 5.79. The van der Waals surface area contributed by atoms with Gasteiger partial charge in [0.15, 0.2) is 6.10 Å². The van der Waals surface area contributed by atoms with Gasteiger partial charge in [0.25, 0.3) is 0 Å². The molecule has 0 saturated carbocycles. The van der Waals surface area contributed by atoms with Gasteiger partial charge in [-0.15, -0.1) is 18.8 Å². The highest BCUT2D eigenvalue weighted by atomic mass is 16.5. The van der Waals surface area contributed by atoms with E-state index in [4.69, 9.17) is 18.0 Å². The molecule has 0 radical (unpaired) electrons. The van der Waals surface area contributed by atoms with Gasteiger partial charge in [-0.3, -0.25) is 4.79 Å². The molecule has 0 fully saturated rings. The zero-order valence-electron chi connectivity index (χ0n) is 9.41. The van der Waals surface area contributed by atoms with Crippen LogP contribution in [0.3, 0.4) is 0 Å². The number of aliphatic hydroxyl groups excluding tert-OH is 1. The van der Waals surface area contributed by atoms with Crippen LogP contribution in [0.15, 0.2) is 0 Å². The van der Waals surface area contributed by atoms with E-state index in [9.17, 15) is 4.79 Å². The second-order valence-electron chi connectivity index (χ2n) is 3.50. The first-order chi connectivity index (χ1) is 7.50. The second-order valence-corrected chi connectivity index (χ2v) is 3.50. The molecule has 2 atom stereocenters. The van der Waals surface area contributed by atoms with E-state index >= 15 is 0 Å². The first-order valence-electron chi connectivity index (χ1n) is 4.64. The third-order valence-electron chi connectivity index (χ3n) is 2.05. The van der Waals surface area contributed by atoms with Crippen LogP contribution in [0.1, 0.15) is 19.8 Å². The molecule has 16 heavy (non-hydrogen) atoms. The summed E-state index contributed by atoms with van der Waals surface area (Å²) in [5.41, 5.74) is -0.856. The van der Waals surface area contributed by atoms with Crippen LogP contribution in [-0.4, -0.2) is 24.3 Å². The zero-order valence-corrected chi connectivity index (χ0v) is 9.41. The van der Waals surface area contributed by atoms with Gasteiger partial charge in [-0.25, -0.2) is 0 Å². The molecule has 1 N–H and O–H groups in total. The number of rotatable bonds is 3. The van der Waals surface area contributed by atoms with E-state index in [0.29, 0.717) is 0 Å². The first-order valence-corrected chi connectivity index (χ1v) is 4.64. The van der Waals surface area contributed by atoms with Crippen molar-refractivity contribution in [3.05, 3.63) is 0 Å². The standard InChI is InChI=1S/C13H14O3/c1-5-9-13(3,12(15)16-4)10-7-8-11(14)6-2/h1-2,11,14H,9-10H2,3-4H3. The Morgan fingerprint density at radius 3 is 2.56 bits per heavy atom. The highest BCUT2D eigenvalue weighted by Crippen LogP contribution is 2.26. The van der Waals surface area contributed by atoms with Crippen molar-refractivity contribution in [3.8, 4) is 36.5 Å². The summed E-state index contributed by atoms with van der Waals surface area (Å²) < 4.78 is 4.65. The molecule has 0 spiro atoms. The van der Waals surface area contributed by atoms with Crippen LogP contribution in [0.5, 0.6) is 0 Å². The van der Waals surface area contributed by atoms with E-state index in [2.05, 4.69) is 28.4 Å². The summed E-state index contributed by atoms with van der Waals surface area (Å²) >= 11 is 0. The summed E-state index contributed by atoms with van der Waals surface area (Å²) in [7, 11) is 1.29. The molecule has 0 heterocycles. The van der Waals surface area contributed by atoms with Gasteiger partial charge in [-0.2, -0.15) is 0 Å². The fourth-order valence-electron chi connectivity index (χ4n) is 1.06. The molecule has 0 aliphatic carbocycles. The molecule has 2 unspecified atom stereocenters. The number of terminal acetylenes is 2. The average Bonchev–Trinajstić information content (AvgIpc) is 2.27. The molecule has 0 amide bonds. The Morgan fingerprint density at radius 2 is 2.12 bits per heavy atom.